The van der Waals surface area contributed by atoms with Gasteiger partial charge in [0.1, 0.15) is 0 Å². The quantitative estimate of drug-likeness (QED) is 0.272. The fraction of sp³-hybridized carbons (Fsp3) is 0.0400. The van der Waals surface area contributed by atoms with Crippen LogP contribution >= 0.6 is 0 Å². The summed E-state index contributed by atoms with van der Waals surface area (Å²) in [4.78, 5) is 0. The van der Waals surface area contributed by atoms with Crippen molar-refractivity contribution in [3.63, 3.8) is 0 Å². The van der Waals surface area contributed by atoms with E-state index in [0.29, 0.717) is 22.2 Å². The van der Waals surface area contributed by atoms with Crippen LogP contribution in [-0.4, -0.2) is 11.6 Å². The van der Waals surface area contributed by atoms with Crippen molar-refractivity contribution in [1.82, 2.24) is 4.57 Å². The molecule has 0 aliphatic carbocycles. The van der Waals surface area contributed by atoms with Crippen molar-refractivity contribution in [2.24, 2.45) is 0 Å². The summed E-state index contributed by atoms with van der Waals surface area (Å²) in [6, 6.07) is 29.8. The lowest BCUT2D eigenvalue weighted by atomic mass is 10.2. The lowest BCUT2D eigenvalue weighted by Gasteiger charge is -2.17. The van der Waals surface area contributed by atoms with E-state index in [1.807, 2.05) is 42.5 Å². The Labute approximate surface area is 173 Å². The molecule has 0 aliphatic heterocycles. The molecule has 0 bridgehead atoms. The van der Waals surface area contributed by atoms with Crippen molar-refractivity contribution >= 4 is 44.6 Å². The molecule has 4 nitrogen and oxygen atoms in total. The maximum atomic E-state index is 13.9. The summed E-state index contributed by atoms with van der Waals surface area (Å²) in [5.74, 6) is 0. The van der Waals surface area contributed by atoms with Gasteiger partial charge in [-0.05, 0) is 42.5 Å². The third-order valence-electron chi connectivity index (χ3n) is 5.38. The van der Waals surface area contributed by atoms with Gasteiger partial charge in [-0.2, -0.15) is 0 Å². The summed E-state index contributed by atoms with van der Waals surface area (Å²) in [5.41, 5.74) is 11.9. The van der Waals surface area contributed by atoms with Gasteiger partial charge in [0.05, 0.1) is 33.8 Å². The van der Waals surface area contributed by atoms with Crippen molar-refractivity contribution in [2.75, 3.05) is 23.2 Å². The first-order chi connectivity index (χ1) is 14.6. The first-order valence-electron chi connectivity index (χ1n) is 9.77. The number of nitrogens with zero attached hydrogens (tertiary/aromatic N) is 2. The van der Waals surface area contributed by atoms with Crippen LogP contribution in [0.2, 0.25) is 0 Å². The Morgan fingerprint density at radius 2 is 1.37 bits per heavy atom. The summed E-state index contributed by atoms with van der Waals surface area (Å²) in [6.07, 6.45) is 0. The van der Waals surface area contributed by atoms with E-state index in [2.05, 4.69) is 46.3 Å². The van der Waals surface area contributed by atoms with Crippen LogP contribution in [0.25, 0.3) is 27.5 Å². The van der Waals surface area contributed by atoms with Gasteiger partial charge in [0, 0.05) is 23.5 Å². The molecule has 4 aromatic carbocycles. The van der Waals surface area contributed by atoms with Crippen LogP contribution in [0.1, 0.15) is 0 Å². The average Bonchev–Trinajstić information content (AvgIpc) is 3.10. The number of hydrogen-bond acceptors (Lipinski definition) is 3. The van der Waals surface area contributed by atoms with E-state index in [-0.39, 0.29) is 0 Å². The largest absolute Gasteiger partial charge is 0.397 e. The van der Waals surface area contributed by atoms with E-state index >= 15 is 0 Å². The zero-order chi connectivity index (χ0) is 20.7. The Bertz CT molecular complexity index is 1320. The van der Waals surface area contributed by atoms with Gasteiger partial charge < -0.3 is 15.6 Å². The van der Waals surface area contributed by atoms with Gasteiger partial charge in [0.2, 0.25) is 0 Å². The third-order valence-corrected chi connectivity index (χ3v) is 5.38. The topological polar surface area (TPSA) is 46.2 Å². The molecule has 1 heterocycles. The Morgan fingerprint density at radius 1 is 0.767 bits per heavy atom. The number of hydrogen-bond donors (Lipinski definition) is 2. The molecule has 0 aliphatic rings. The van der Waals surface area contributed by atoms with E-state index in [4.69, 9.17) is 5.73 Å². The minimum absolute atomic E-state index is 0.444. The first-order valence-corrected chi connectivity index (χ1v) is 9.77. The summed E-state index contributed by atoms with van der Waals surface area (Å²) >= 11 is 0. The van der Waals surface area contributed by atoms with Crippen molar-refractivity contribution in [2.45, 2.75) is 0 Å². The number of anilines is 4. The molecular weight excluding hydrogens is 375 g/mol. The average molecular weight is 396 g/mol. The predicted molar refractivity (Wildman–Crippen MR) is 124 cm³/mol. The highest BCUT2D eigenvalue weighted by molar-refractivity contribution is 6.09. The maximum Gasteiger partial charge on any atom is 0.0919 e. The Kier molecular flexibility index (Phi) is 4.29. The van der Waals surface area contributed by atoms with Gasteiger partial charge in [0.25, 0.3) is 0 Å². The minimum atomic E-state index is 0.444. The van der Waals surface area contributed by atoms with Gasteiger partial charge in [-0.15, -0.1) is 4.48 Å². The Balaban J connectivity index is 1.68. The number of para-hydroxylation sites is 4. The molecule has 5 aromatic rings. The number of nitrogens with one attached hydrogen (secondary N) is 1. The molecule has 5 heteroatoms. The highest BCUT2D eigenvalue weighted by Gasteiger charge is 2.13. The molecule has 0 fully saturated rings. The van der Waals surface area contributed by atoms with Crippen LogP contribution in [0, 0.1) is 0 Å². The summed E-state index contributed by atoms with van der Waals surface area (Å²) in [7, 11) is 1.37. The summed E-state index contributed by atoms with van der Waals surface area (Å²) in [5, 5.41) is 6.29. The molecule has 0 radical (unpaired) electrons. The Morgan fingerprint density at radius 3 is 2.03 bits per heavy atom. The van der Waals surface area contributed by atoms with Gasteiger partial charge in [0.15, 0.2) is 0 Å². The predicted octanol–water partition coefficient (Wildman–Crippen LogP) is 6.43. The van der Waals surface area contributed by atoms with Gasteiger partial charge in [-0.25, -0.2) is 5.12 Å². The fourth-order valence-corrected chi connectivity index (χ4v) is 3.99. The molecule has 3 N–H and O–H groups in total. The van der Waals surface area contributed by atoms with Crippen molar-refractivity contribution < 1.29 is 4.48 Å². The van der Waals surface area contributed by atoms with E-state index in [1.54, 1.807) is 12.1 Å². The van der Waals surface area contributed by atoms with E-state index in [0.717, 1.165) is 22.4 Å². The van der Waals surface area contributed by atoms with Gasteiger partial charge in [-0.3, -0.25) is 0 Å². The number of benzene rings is 4. The number of rotatable bonds is 4. The fourth-order valence-electron chi connectivity index (χ4n) is 3.99. The van der Waals surface area contributed by atoms with Crippen molar-refractivity contribution in [1.29, 1.82) is 0 Å². The lowest BCUT2D eigenvalue weighted by Crippen LogP contribution is -2.06. The monoisotopic (exact) mass is 396 g/mol. The maximum absolute atomic E-state index is 13.9. The molecule has 30 heavy (non-hydrogen) atoms. The van der Waals surface area contributed by atoms with Crippen LogP contribution in [-0.2, 0) is 0 Å². The second kappa shape index (κ2) is 7.12. The number of halogens is 1. The second-order valence-corrected chi connectivity index (χ2v) is 7.26. The van der Waals surface area contributed by atoms with E-state index < -0.39 is 0 Å². The van der Waals surface area contributed by atoms with Crippen LogP contribution in [0.5, 0.6) is 0 Å². The number of nitrogen functional groups attached to an aromatic ring is 1. The first kappa shape index (κ1) is 18.1. The van der Waals surface area contributed by atoms with Crippen LogP contribution in [0.3, 0.4) is 0 Å². The normalized spacial score (nSPS) is 11.1. The molecule has 0 saturated heterocycles. The van der Waals surface area contributed by atoms with Gasteiger partial charge >= 0.3 is 0 Å². The third kappa shape index (κ3) is 2.92. The smallest absolute Gasteiger partial charge is 0.0919 e. The molecule has 0 spiro atoms. The highest BCUT2D eigenvalue weighted by Crippen LogP contribution is 2.35. The molecular formula is C25H21FN4. The van der Waals surface area contributed by atoms with E-state index in [1.165, 1.54) is 17.8 Å². The van der Waals surface area contributed by atoms with E-state index in [9.17, 15) is 4.48 Å². The summed E-state index contributed by atoms with van der Waals surface area (Å²) in [6.45, 7) is 0. The number of nitrogens with two attached hydrogens (primary N) is 1. The molecule has 5 rings (SSSR count). The number of fused-ring (bicyclic) bond motifs is 3. The zero-order valence-electron chi connectivity index (χ0n) is 16.5. The summed E-state index contributed by atoms with van der Waals surface area (Å²) < 4.78 is 16.1. The van der Waals surface area contributed by atoms with Crippen LogP contribution in [0.15, 0.2) is 91.0 Å². The van der Waals surface area contributed by atoms with Crippen molar-refractivity contribution in [3.8, 4) is 5.69 Å². The standard InChI is InChI=1S/C25H21FN4/c1-29(26)25-13-7-4-10-21(25)28-22-16-17(14-15-20(22)27)30-23-11-5-2-8-18(23)19-9-3-6-12-24(19)30/h2-16,28H,27H2,1H3. The van der Waals surface area contributed by atoms with Crippen molar-refractivity contribution in [3.05, 3.63) is 91.0 Å². The highest BCUT2D eigenvalue weighted by atomic mass is 19.2. The zero-order valence-corrected chi connectivity index (χ0v) is 16.5. The van der Waals surface area contributed by atoms with Crippen LogP contribution < -0.4 is 16.2 Å². The molecule has 0 amide bonds. The molecule has 1 aromatic heterocycles. The SMILES string of the molecule is CN(F)c1ccccc1Nc1cc(-n2c3ccccc3c3ccccc32)ccc1N. The number of aromatic nitrogens is 1. The Hall–Kier alpha value is -3.99. The lowest BCUT2D eigenvalue weighted by molar-refractivity contribution is 0.476. The molecule has 0 saturated carbocycles. The van der Waals surface area contributed by atoms with Crippen LogP contribution in [0.4, 0.5) is 27.2 Å². The van der Waals surface area contributed by atoms with Gasteiger partial charge in [-0.1, -0.05) is 48.5 Å². The molecule has 0 atom stereocenters. The molecule has 148 valence electrons. The second-order valence-electron chi connectivity index (χ2n) is 7.26. The minimum Gasteiger partial charge on any atom is -0.397 e. The molecule has 0 unspecified atom stereocenters.